The number of nitrogens with one attached hydrogen (secondary N) is 2. The number of carbonyl (C=O) groups excluding carboxylic acids is 2. The highest BCUT2D eigenvalue weighted by atomic mass is 32.3. The summed E-state index contributed by atoms with van der Waals surface area (Å²) < 4.78 is 36.4. The highest BCUT2D eigenvalue weighted by molar-refractivity contribution is 7.80. The number of aliphatic imine (C=N–C) groups is 2. The van der Waals surface area contributed by atoms with Crippen LogP contribution in [0.15, 0.2) is 9.98 Å². The van der Waals surface area contributed by atoms with Crippen molar-refractivity contribution in [1.29, 1.82) is 0 Å². The number of urea groups is 1. The second-order valence-electron chi connectivity index (χ2n) is 7.44. The molecule has 11 nitrogen and oxygen atoms in total. The van der Waals surface area contributed by atoms with Gasteiger partial charge in [0, 0.05) is 30.1 Å². The quantitative estimate of drug-likeness (QED) is 0.533. The molecule has 12 heteroatoms. The van der Waals surface area contributed by atoms with Crippen molar-refractivity contribution in [3.8, 4) is 0 Å². The molecule has 0 aromatic heterocycles. The Labute approximate surface area is 156 Å². The van der Waals surface area contributed by atoms with Crippen LogP contribution in [0.3, 0.4) is 0 Å². The van der Waals surface area contributed by atoms with E-state index in [1.165, 1.54) is 0 Å². The summed E-state index contributed by atoms with van der Waals surface area (Å²) in [5, 5.41) is 5.48. The molecular weight excluding hydrogens is 378 g/mol. The van der Waals surface area contributed by atoms with Crippen LogP contribution in [0.1, 0.15) is 32.6 Å². The molecule has 27 heavy (non-hydrogen) atoms. The zero-order valence-electron chi connectivity index (χ0n) is 14.7. The first-order chi connectivity index (χ1) is 12.7. The molecule has 4 heterocycles. The predicted octanol–water partition coefficient (Wildman–Crippen LogP) is -0.544. The lowest BCUT2D eigenvalue weighted by atomic mass is 9.81. The average molecular weight is 399 g/mol. The van der Waals surface area contributed by atoms with Crippen molar-refractivity contribution in [2.45, 2.75) is 56.8 Å². The summed E-state index contributed by atoms with van der Waals surface area (Å²) in [5.74, 6) is 0.256. The van der Waals surface area contributed by atoms with Crippen molar-refractivity contribution in [3.05, 3.63) is 0 Å². The van der Waals surface area contributed by atoms with Crippen LogP contribution in [0.25, 0.3) is 0 Å². The van der Waals surface area contributed by atoms with Gasteiger partial charge in [-0.05, 0) is 12.8 Å². The number of nitrogens with zero attached hydrogens (tertiary/aromatic N) is 3. The Bertz CT molecular complexity index is 840. The molecule has 4 rings (SSSR count). The van der Waals surface area contributed by atoms with Crippen LogP contribution in [-0.2, 0) is 19.4 Å². The Hall–Kier alpha value is -2.05. The van der Waals surface area contributed by atoms with E-state index >= 15 is 0 Å². The average Bonchev–Trinajstić information content (AvgIpc) is 2.94. The Balaban J connectivity index is 1.50. The molecule has 0 radical (unpaired) electrons. The first kappa shape index (κ1) is 18.3. The van der Waals surface area contributed by atoms with Gasteiger partial charge < -0.3 is 10.2 Å². The fourth-order valence-corrected chi connectivity index (χ4v) is 5.06. The molecule has 2 saturated heterocycles. The minimum atomic E-state index is -4.53. The first-order valence-electron chi connectivity index (χ1n) is 8.85. The predicted molar refractivity (Wildman–Crippen MR) is 93.7 cm³/mol. The maximum Gasteiger partial charge on any atom is 0.397 e. The molecule has 0 saturated carbocycles. The lowest BCUT2D eigenvalue weighted by Crippen LogP contribution is -2.64. The van der Waals surface area contributed by atoms with Crippen molar-refractivity contribution in [1.82, 2.24) is 15.5 Å². The molecule has 0 aromatic rings. The second kappa shape index (κ2) is 6.53. The van der Waals surface area contributed by atoms with E-state index in [1.807, 2.05) is 6.92 Å². The third-order valence-electron chi connectivity index (χ3n) is 5.61. The van der Waals surface area contributed by atoms with Crippen LogP contribution in [0.4, 0.5) is 4.79 Å². The monoisotopic (exact) mass is 399 g/mol. The van der Waals surface area contributed by atoms with Crippen LogP contribution in [0, 0.1) is 5.92 Å². The summed E-state index contributed by atoms with van der Waals surface area (Å²) in [6.07, 6.45) is 0.966. The minimum absolute atomic E-state index is 0.00155. The van der Waals surface area contributed by atoms with E-state index in [0.29, 0.717) is 31.5 Å². The highest BCUT2D eigenvalue weighted by Gasteiger charge is 2.49. The summed E-state index contributed by atoms with van der Waals surface area (Å²) in [6, 6.07) is -0.747. The number of amides is 3. The third-order valence-corrected chi connectivity index (χ3v) is 6.10. The van der Waals surface area contributed by atoms with Crippen molar-refractivity contribution < 1.29 is 26.7 Å². The van der Waals surface area contributed by atoms with Crippen molar-refractivity contribution >= 4 is 34.0 Å². The van der Waals surface area contributed by atoms with Crippen molar-refractivity contribution in [2.75, 3.05) is 6.54 Å². The van der Waals surface area contributed by atoms with Crippen molar-refractivity contribution in [3.63, 3.8) is 0 Å². The Morgan fingerprint density at radius 2 is 2.11 bits per heavy atom. The van der Waals surface area contributed by atoms with Gasteiger partial charge in [-0.2, -0.15) is 8.42 Å². The lowest BCUT2D eigenvalue weighted by Gasteiger charge is -2.50. The Kier molecular flexibility index (Phi) is 4.43. The summed E-state index contributed by atoms with van der Waals surface area (Å²) in [7, 11) is -4.53. The van der Waals surface area contributed by atoms with Gasteiger partial charge >= 0.3 is 16.4 Å². The molecule has 0 bridgehead atoms. The molecule has 4 aliphatic rings. The van der Waals surface area contributed by atoms with Gasteiger partial charge in [-0.15, -0.1) is 0 Å². The van der Waals surface area contributed by atoms with Gasteiger partial charge in [0.15, 0.2) is 5.96 Å². The zero-order chi connectivity index (χ0) is 19.3. The fourth-order valence-electron chi connectivity index (χ4n) is 4.49. The second-order valence-corrected chi connectivity index (χ2v) is 8.49. The Morgan fingerprint density at radius 1 is 1.33 bits per heavy atom. The van der Waals surface area contributed by atoms with E-state index in [1.54, 1.807) is 0 Å². The number of imide groups is 1. The van der Waals surface area contributed by atoms with E-state index in [4.69, 9.17) is 8.74 Å². The topological polar surface area (TPSA) is 150 Å². The summed E-state index contributed by atoms with van der Waals surface area (Å²) in [5.41, 5.74) is 0.514. The van der Waals surface area contributed by atoms with Crippen LogP contribution >= 0.6 is 0 Å². The van der Waals surface area contributed by atoms with E-state index in [-0.39, 0.29) is 36.4 Å². The largest absolute Gasteiger partial charge is 0.397 e. The standard InChI is InChI=1S/C15H21N5O6S/c1-7-11-6-16-14-17-8(2-9-4-13(21)19-15(22)18-9)3-10(20(11)14)5-12(7)26-27(23,24)25/h7-8,10-12H,2-6H2,1H3,(H,16,17)(H,19,21,22)(H,23,24,25)/t7-,8+,10+,11?,12+/m1/s1. The van der Waals surface area contributed by atoms with Crippen LogP contribution in [0.2, 0.25) is 0 Å². The maximum absolute atomic E-state index is 11.5. The normalized spacial score (nSPS) is 35.8. The third kappa shape index (κ3) is 3.69. The lowest BCUT2D eigenvalue weighted by molar-refractivity contribution is -0.119. The molecule has 4 aliphatic heterocycles. The summed E-state index contributed by atoms with van der Waals surface area (Å²) >= 11 is 0. The number of guanidine groups is 1. The number of hydrogen-bond donors (Lipinski definition) is 3. The van der Waals surface area contributed by atoms with Gasteiger partial charge in [0.1, 0.15) is 0 Å². The fraction of sp³-hybridized carbons (Fsp3) is 0.733. The molecule has 0 spiro atoms. The highest BCUT2D eigenvalue weighted by Crippen LogP contribution is 2.38. The molecule has 148 valence electrons. The van der Waals surface area contributed by atoms with Gasteiger partial charge in [0.2, 0.25) is 5.91 Å². The number of rotatable bonds is 4. The SMILES string of the molecule is C[C@@H]1C2CN=C3N[C@@H](CC4=NC(=O)NC(=O)C4)C[C@@H](C[C@@H]1OS(=O)(=O)O)N32. The van der Waals surface area contributed by atoms with Gasteiger partial charge in [0.25, 0.3) is 0 Å². The van der Waals surface area contributed by atoms with Gasteiger partial charge in [-0.3, -0.25) is 19.7 Å². The molecule has 5 atom stereocenters. The summed E-state index contributed by atoms with van der Waals surface area (Å²) in [4.78, 5) is 33.5. The molecule has 2 fully saturated rings. The van der Waals surface area contributed by atoms with E-state index < -0.39 is 22.5 Å². The van der Waals surface area contributed by atoms with Crippen molar-refractivity contribution in [2.24, 2.45) is 15.9 Å². The molecule has 0 aromatic carbocycles. The van der Waals surface area contributed by atoms with E-state index in [9.17, 15) is 18.0 Å². The first-order valence-corrected chi connectivity index (χ1v) is 10.2. The maximum atomic E-state index is 11.5. The van der Waals surface area contributed by atoms with E-state index in [0.717, 1.165) is 5.96 Å². The molecular formula is C15H21N5O6S. The van der Waals surface area contributed by atoms with E-state index in [2.05, 4.69) is 25.5 Å². The van der Waals surface area contributed by atoms with Gasteiger partial charge in [0.05, 0.1) is 25.1 Å². The minimum Gasteiger partial charge on any atom is -0.353 e. The molecule has 3 N–H and O–H groups in total. The molecule has 0 aliphatic carbocycles. The zero-order valence-corrected chi connectivity index (χ0v) is 15.5. The van der Waals surface area contributed by atoms with Gasteiger partial charge in [-0.25, -0.2) is 14.0 Å². The summed E-state index contributed by atoms with van der Waals surface area (Å²) in [6.45, 7) is 2.40. The smallest absolute Gasteiger partial charge is 0.353 e. The van der Waals surface area contributed by atoms with Crippen LogP contribution in [-0.4, -0.2) is 72.3 Å². The number of hydrogen-bond acceptors (Lipinski definition) is 8. The van der Waals surface area contributed by atoms with Crippen LogP contribution in [0.5, 0.6) is 0 Å². The molecule has 1 unspecified atom stereocenters. The number of piperidine rings is 1. The molecule has 3 amide bonds. The Morgan fingerprint density at radius 3 is 2.81 bits per heavy atom. The van der Waals surface area contributed by atoms with Gasteiger partial charge in [-0.1, -0.05) is 6.92 Å². The van der Waals surface area contributed by atoms with Crippen LogP contribution < -0.4 is 10.6 Å². The number of carbonyl (C=O) groups is 2.